The predicted octanol–water partition coefficient (Wildman–Crippen LogP) is 4.23. The van der Waals surface area contributed by atoms with E-state index in [4.69, 9.17) is 0 Å². The smallest absolute Gasteiger partial charge is 0.0292 e. The van der Waals surface area contributed by atoms with Gasteiger partial charge in [0.15, 0.2) is 0 Å². The van der Waals surface area contributed by atoms with Crippen LogP contribution in [0.3, 0.4) is 0 Å². The molecule has 2 unspecified atom stereocenters. The van der Waals surface area contributed by atoms with Crippen LogP contribution in [0.5, 0.6) is 0 Å². The summed E-state index contributed by atoms with van der Waals surface area (Å²) in [5.74, 6) is 1.33. The average molecular weight is 361 g/mol. The minimum absolute atomic E-state index is 0.449. The minimum Gasteiger partial charge on any atom is -0.309 e. The molecule has 0 amide bonds. The van der Waals surface area contributed by atoms with Crippen LogP contribution in [0.1, 0.15) is 38.3 Å². The third-order valence-corrected chi connectivity index (χ3v) is 5.71. The fourth-order valence-electron chi connectivity index (χ4n) is 2.21. The van der Waals surface area contributed by atoms with E-state index < -0.39 is 0 Å². The SMILES string of the molecule is CC(NCC1(C)CCCS1)c1ccc(I)cc1. The lowest BCUT2D eigenvalue weighted by molar-refractivity contribution is 0.490. The molecular formula is C14H20INS. The van der Waals surface area contributed by atoms with Gasteiger partial charge >= 0.3 is 0 Å². The summed E-state index contributed by atoms with van der Waals surface area (Å²) in [5.41, 5.74) is 1.39. The zero-order chi connectivity index (χ0) is 12.3. The Balaban J connectivity index is 1.88. The van der Waals surface area contributed by atoms with E-state index in [0.717, 1.165) is 6.54 Å². The molecule has 0 saturated carbocycles. The lowest BCUT2D eigenvalue weighted by Gasteiger charge is -2.25. The van der Waals surface area contributed by atoms with E-state index in [2.05, 4.69) is 77.8 Å². The van der Waals surface area contributed by atoms with Crippen molar-refractivity contribution in [2.45, 2.75) is 37.5 Å². The highest BCUT2D eigenvalue weighted by Crippen LogP contribution is 2.37. The van der Waals surface area contributed by atoms with Gasteiger partial charge in [-0.1, -0.05) is 12.1 Å². The van der Waals surface area contributed by atoms with Crippen molar-refractivity contribution < 1.29 is 0 Å². The van der Waals surface area contributed by atoms with Crippen LogP contribution >= 0.6 is 34.4 Å². The fourth-order valence-corrected chi connectivity index (χ4v) is 3.83. The van der Waals surface area contributed by atoms with Gasteiger partial charge in [-0.3, -0.25) is 0 Å². The molecule has 0 radical (unpaired) electrons. The highest BCUT2D eigenvalue weighted by Gasteiger charge is 2.29. The van der Waals surface area contributed by atoms with E-state index >= 15 is 0 Å². The largest absolute Gasteiger partial charge is 0.309 e. The van der Waals surface area contributed by atoms with Crippen molar-refractivity contribution >= 4 is 34.4 Å². The molecule has 1 saturated heterocycles. The second-order valence-corrected chi connectivity index (χ2v) is 7.98. The van der Waals surface area contributed by atoms with Crippen LogP contribution in [0.2, 0.25) is 0 Å². The number of thioether (sulfide) groups is 1. The highest BCUT2D eigenvalue weighted by molar-refractivity contribution is 14.1. The van der Waals surface area contributed by atoms with Crippen molar-refractivity contribution in [3.8, 4) is 0 Å². The first kappa shape index (κ1) is 13.7. The van der Waals surface area contributed by atoms with Crippen LogP contribution in [0.15, 0.2) is 24.3 Å². The summed E-state index contributed by atoms with van der Waals surface area (Å²) in [6.07, 6.45) is 2.73. The van der Waals surface area contributed by atoms with E-state index in [1.807, 2.05) is 0 Å². The third-order valence-electron chi connectivity index (χ3n) is 3.45. The molecule has 3 heteroatoms. The Hall–Kier alpha value is 0.260. The normalized spacial score (nSPS) is 26.1. The van der Waals surface area contributed by atoms with E-state index in [9.17, 15) is 0 Å². The quantitative estimate of drug-likeness (QED) is 0.806. The molecule has 0 aliphatic carbocycles. The summed E-state index contributed by atoms with van der Waals surface area (Å²) in [6, 6.07) is 9.26. The maximum atomic E-state index is 3.68. The van der Waals surface area contributed by atoms with Crippen molar-refractivity contribution in [1.29, 1.82) is 0 Å². The molecule has 1 heterocycles. The lowest BCUT2D eigenvalue weighted by Crippen LogP contribution is -2.34. The van der Waals surface area contributed by atoms with Crippen molar-refractivity contribution in [3.05, 3.63) is 33.4 Å². The Labute approximate surface area is 122 Å². The number of halogens is 1. The number of hydrogen-bond acceptors (Lipinski definition) is 2. The first-order valence-corrected chi connectivity index (χ1v) is 8.28. The molecule has 1 nitrogen and oxygen atoms in total. The van der Waals surface area contributed by atoms with Crippen LogP contribution in [0, 0.1) is 3.57 Å². The molecule has 17 heavy (non-hydrogen) atoms. The number of nitrogens with one attached hydrogen (secondary N) is 1. The molecule has 2 rings (SSSR count). The van der Waals surface area contributed by atoms with E-state index in [1.165, 1.54) is 27.7 Å². The first-order valence-electron chi connectivity index (χ1n) is 6.22. The van der Waals surface area contributed by atoms with Crippen LogP contribution in [0.4, 0.5) is 0 Å². The van der Waals surface area contributed by atoms with Crippen molar-refractivity contribution in [2.24, 2.45) is 0 Å². The molecule has 1 aromatic carbocycles. The standard InChI is InChI=1S/C14H20INS/c1-11(12-4-6-13(15)7-5-12)16-10-14(2)8-3-9-17-14/h4-7,11,16H,3,8-10H2,1-2H3. The maximum absolute atomic E-state index is 3.68. The van der Waals surface area contributed by atoms with Gasteiger partial charge < -0.3 is 5.32 Å². The molecule has 1 aromatic rings. The molecule has 1 aliphatic rings. The van der Waals surface area contributed by atoms with Gasteiger partial charge in [0.05, 0.1) is 0 Å². The molecule has 1 fully saturated rings. The topological polar surface area (TPSA) is 12.0 Å². The molecule has 0 bridgehead atoms. The second-order valence-electron chi connectivity index (χ2n) is 5.06. The maximum Gasteiger partial charge on any atom is 0.0292 e. The summed E-state index contributed by atoms with van der Waals surface area (Å²) in [5, 5.41) is 3.68. The Kier molecular flexibility index (Phi) is 4.78. The minimum atomic E-state index is 0.449. The Morgan fingerprint density at radius 1 is 1.41 bits per heavy atom. The summed E-state index contributed by atoms with van der Waals surface area (Å²) in [4.78, 5) is 0. The summed E-state index contributed by atoms with van der Waals surface area (Å²) in [7, 11) is 0. The van der Waals surface area contributed by atoms with Crippen LogP contribution in [-0.2, 0) is 0 Å². The van der Waals surface area contributed by atoms with Crippen molar-refractivity contribution in [3.63, 3.8) is 0 Å². The predicted molar refractivity (Wildman–Crippen MR) is 85.7 cm³/mol. The zero-order valence-electron chi connectivity index (χ0n) is 10.5. The molecule has 0 spiro atoms. The number of rotatable bonds is 4. The number of benzene rings is 1. The monoisotopic (exact) mass is 361 g/mol. The Morgan fingerprint density at radius 3 is 2.71 bits per heavy atom. The fraction of sp³-hybridized carbons (Fsp3) is 0.571. The van der Waals surface area contributed by atoms with Crippen LogP contribution in [0.25, 0.3) is 0 Å². The molecular weight excluding hydrogens is 341 g/mol. The molecule has 2 atom stereocenters. The van der Waals surface area contributed by atoms with Gasteiger partial charge in [0.1, 0.15) is 0 Å². The summed E-state index contributed by atoms with van der Waals surface area (Å²) < 4.78 is 1.76. The Bertz CT molecular complexity index is 357. The molecule has 0 aromatic heterocycles. The van der Waals surface area contributed by atoms with Crippen LogP contribution in [-0.4, -0.2) is 17.0 Å². The first-order chi connectivity index (χ1) is 8.09. The lowest BCUT2D eigenvalue weighted by atomic mass is 10.0. The second kappa shape index (κ2) is 5.93. The van der Waals surface area contributed by atoms with Gasteiger partial charge in [-0.2, -0.15) is 11.8 Å². The molecule has 94 valence electrons. The summed E-state index contributed by atoms with van der Waals surface area (Å²) >= 11 is 4.47. The van der Waals surface area contributed by atoms with E-state index in [1.54, 1.807) is 0 Å². The molecule has 1 aliphatic heterocycles. The van der Waals surface area contributed by atoms with Gasteiger partial charge in [-0.25, -0.2) is 0 Å². The van der Waals surface area contributed by atoms with Crippen molar-refractivity contribution in [1.82, 2.24) is 5.32 Å². The summed E-state index contributed by atoms with van der Waals surface area (Å²) in [6.45, 7) is 5.76. The van der Waals surface area contributed by atoms with Gasteiger partial charge in [0, 0.05) is 20.9 Å². The highest BCUT2D eigenvalue weighted by atomic mass is 127. The average Bonchev–Trinajstić information content (AvgIpc) is 2.75. The van der Waals surface area contributed by atoms with Crippen molar-refractivity contribution in [2.75, 3.05) is 12.3 Å². The van der Waals surface area contributed by atoms with Gasteiger partial charge in [0.2, 0.25) is 0 Å². The van der Waals surface area contributed by atoms with Crippen LogP contribution < -0.4 is 5.32 Å². The van der Waals surface area contributed by atoms with E-state index in [-0.39, 0.29) is 0 Å². The van der Waals surface area contributed by atoms with Gasteiger partial charge in [-0.05, 0) is 72.7 Å². The van der Waals surface area contributed by atoms with Gasteiger partial charge in [-0.15, -0.1) is 0 Å². The number of hydrogen-bond donors (Lipinski definition) is 1. The zero-order valence-corrected chi connectivity index (χ0v) is 13.5. The van der Waals surface area contributed by atoms with Gasteiger partial charge in [0.25, 0.3) is 0 Å². The molecule has 1 N–H and O–H groups in total. The third kappa shape index (κ3) is 3.86. The van der Waals surface area contributed by atoms with E-state index in [0.29, 0.717) is 10.8 Å². The Morgan fingerprint density at radius 2 is 2.12 bits per heavy atom.